The first-order valence-corrected chi connectivity index (χ1v) is 4.29. The van der Waals surface area contributed by atoms with E-state index in [1.165, 1.54) is 6.92 Å². The average Bonchev–Trinajstić information content (AvgIpc) is 2.13. The van der Waals surface area contributed by atoms with E-state index < -0.39 is 30.1 Å². The van der Waals surface area contributed by atoms with Crippen molar-refractivity contribution in [1.29, 1.82) is 0 Å². The third-order valence-corrected chi connectivity index (χ3v) is 1.92. The van der Waals surface area contributed by atoms with Crippen LogP contribution in [0.4, 0.5) is 8.78 Å². The summed E-state index contributed by atoms with van der Waals surface area (Å²) in [6, 6.07) is 0. The van der Waals surface area contributed by atoms with Crippen molar-refractivity contribution in [2.24, 2.45) is 11.1 Å². The Balaban J connectivity index is 5.20. The summed E-state index contributed by atoms with van der Waals surface area (Å²) in [6.45, 7) is 4.55. The largest absolute Gasteiger partial charge is 0.465 e. The van der Waals surface area contributed by atoms with Gasteiger partial charge in [0.2, 0.25) is 11.3 Å². The standard InChI is InChI=1S/C9H13F2NO3/c1-3-5-9(6(10)11,7(12)13)8(14)15-4-2/h3,6H,1,4-5H2,2H3,(H2,12,13). The number of allylic oxidation sites excluding steroid dienone is 1. The molecule has 15 heavy (non-hydrogen) atoms. The zero-order valence-electron chi connectivity index (χ0n) is 8.33. The number of rotatable bonds is 6. The fraction of sp³-hybridized carbons (Fsp3) is 0.556. The summed E-state index contributed by atoms with van der Waals surface area (Å²) >= 11 is 0. The number of halogens is 2. The predicted octanol–water partition coefficient (Wildman–Crippen LogP) is 0.862. The topological polar surface area (TPSA) is 69.4 Å². The van der Waals surface area contributed by atoms with Crippen LogP contribution in [0.2, 0.25) is 0 Å². The number of carbonyl (C=O) groups is 2. The summed E-state index contributed by atoms with van der Waals surface area (Å²) in [4.78, 5) is 22.2. The van der Waals surface area contributed by atoms with E-state index in [0.717, 1.165) is 6.08 Å². The number of amides is 1. The zero-order chi connectivity index (χ0) is 12.1. The van der Waals surface area contributed by atoms with Gasteiger partial charge >= 0.3 is 5.97 Å². The Labute approximate surface area is 86.1 Å². The molecule has 1 amide bonds. The number of carbonyl (C=O) groups excluding carboxylic acids is 2. The summed E-state index contributed by atoms with van der Waals surface area (Å²) in [5.74, 6) is -2.72. The van der Waals surface area contributed by atoms with Crippen LogP contribution >= 0.6 is 0 Å². The molecule has 6 heteroatoms. The highest BCUT2D eigenvalue weighted by Crippen LogP contribution is 2.32. The molecule has 0 bridgehead atoms. The first-order valence-electron chi connectivity index (χ1n) is 4.29. The fourth-order valence-corrected chi connectivity index (χ4v) is 1.06. The van der Waals surface area contributed by atoms with Crippen LogP contribution in [0, 0.1) is 5.41 Å². The van der Waals surface area contributed by atoms with Crippen LogP contribution in [0.5, 0.6) is 0 Å². The van der Waals surface area contributed by atoms with Gasteiger partial charge in [-0.1, -0.05) is 6.08 Å². The lowest BCUT2D eigenvalue weighted by Crippen LogP contribution is -2.50. The Kier molecular flexibility index (Phi) is 4.90. The molecule has 0 saturated heterocycles. The molecule has 0 aromatic rings. The molecule has 0 aromatic heterocycles. The van der Waals surface area contributed by atoms with Crippen molar-refractivity contribution in [3.63, 3.8) is 0 Å². The van der Waals surface area contributed by atoms with Crippen LogP contribution in [-0.4, -0.2) is 24.9 Å². The van der Waals surface area contributed by atoms with E-state index in [0.29, 0.717) is 0 Å². The molecular formula is C9H13F2NO3. The van der Waals surface area contributed by atoms with Crippen LogP contribution in [0.25, 0.3) is 0 Å². The van der Waals surface area contributed by atoms with Crippen LogP contribution in [0.3, 0.4) is 0 Å². The molecule has 0 radical (unpaired) electrons. The van der Waals surface area contributed by atoms with Crippen LogP contribution in [-0.2, 0) is 14.3 Å². The number of alkyl halides is 2. The minimum Gasteiger partial charge on any atom is -0.465 e. The lowest BCUT2D eigenvalue weighted by atomic mass is 9.84. The van der Waals surface area contributed by atoms with Gasteiger partial charge in [0.1, 0.15) is 0 Å². The van der Waals surface area contributed by atoms with E-state index in [9.17, 15) is 18.4 Å². The lowest BCUT2D eigenvalue weighted by Gasteiger charge is -2.25. The van der Waals surface area contributed by atoms with Gasteiger partial charge in [0.05, 0.1) is 6.61 Å². The van der Waals surface area contributed by atoms with Gasteiger partial charge in [-0.05, 0) is 13.3 Å². The Hall–Kier alpha value is -1.46. The van der Waals surface area contributed by atoms with E-state index in [2.05, 4.69) is 11.3 Å². The number of nitrogens with two attached hydrogens (primary N) is 1. The van der Waals surface area contributed by atoms with Gasteiger partial charge in [0.15, 0.2) is 0 Å². The van der Waals surface area contributed by atoms with E-state index in [4.69, 9.17) is 5.73 Å². The van der Waals surface area contributed by atoms with Crippen molar-refractivity contribution in [3.8, 4) is 0 Å². The number of hydrogen-bond acceptors (Lipinski definition) is 3. The van der Waals surface area contributed by atoms with Gasteiger partial charge in [-0.2, -0.15) is 0 Å². The molecule has 0 fully saturated rings. The molecule has 4 nitrogen and oxygen atoms in total. The first-order chi connectivity index (χ1) is 6.93. The zero-order valence-corrected chi connectivity index (χ0v) is 8.33. The smallest absolute Gasteiger partial charge is 0.327 e. The third kappa shape index (κ3) is 2.51. The molecule has 0 saturated carbocycles. The van der Waals surface area contributed by atoms with Gasteiger partial charge < -0.3 is 10.5 Å². The van der Waals surface area contributed by atoms with Gasteiger partial charge in [-0.3, -0.25) is 9.59 Å². The minimum atomic E-state index is -3.22. The van der Waals surface area contributed by atoms with Crippen molar-refractivity contribution in [2.45, 2.75) is 19.8 Å². The molecule has 1 atom stereocenters. The molecule has 0 aromatic carbocycles. The molecule has 0 rings (SSSR count). The minimum absolute atomic E-state index is 0.0995. The highest BCUT2D eigenvalue weighted by Gasteiger charge is 2.53. The third-order valence-electron chi connectivity index (χ3n) is 1.92. The fourth-order valence-electron chi connectivity index (χ4n) is 1.06. The Morgan fingerprint density at radius 1 is 1.60 bits per heavy atom. The molecule has 0 aliphatic carbocycles. The number of hydrogen-bond donors (Lipinski definition) is 1. The molecule has 86 valence electrons. The highest BCUT2D eigenvalue weighted by atomic mass is 19.3. The van der Waals surface area contributed by atoms with Crippen LogP contribution in [0.15, 0.2) is 12.7 Å². The molecule has 1 unspecified atom stereocenters. The summed E-state index contributed by atoms with van der Waals surface area (Å²) in [5.41, 5.74) is 2.21. The quantitative estimate of drug-likeness (QED) is 0.411. The second-order valence-corrected chi connectivity index (χ2v) is 2.85. The number of esters is 1. The molecule has 2 N–H and O–H groups in total. The van der Waals surface area contributed by atoms with Crippen LogP contribution < -0.4 is 5.73 Å². The maximum Gasteiger partial charge on any atom is 0.327 e. The average molecular weight is 221 g/mol. The molecule has 0 heterocycles. The maximum absolute atomic E-state index is 12.7. The van der Waals surface area contributed by atoms with Crippen LogP contribution in [0.1, 0.15) is 13.3 Å². The second-order valence-electron chi connectivity index (χ2n) is 2.85. The summed E-state index contributed by atoms with van der Waals surface area (Å²) < 4.78 is 29.8. The maximum atomic E-state index is 12.7. The second kappa shape index (κ2) is 5.43. The number of ether oxygens (including phenoxy) is 1. The first kappa shape index (κ1) is 13.5. The Morgan fingerprint density at radius 2 is 2.13 bits per heavy atom. The van der Waals surface area contributed by atoms with E-state index in [-0.39, 0.29) is 6.61 Å². The van der Waals surface area contributed by atoms with Gasteiger partial charge in [-0.25, -0.2) is 8.78 Å². The van der Waals surface area contributed by atoms with Gasteiger partial charge in [0, 0.05) is 0 Å². The van der Waals surface area contributed by atoms with Crippen molar-refractivity contribution in [3.05, 3.63) is 12.7 Å². The monoisotopic (exact) mass is 221 g/mol. The molecular weight excluding hydrogens is 208 g/mol. The van der Waals surface area contributed by atoms with Crippen molar-refractivity contribution in [2.75, 3.05) is 6.61 Å². The lowest BCUT2D eigenvalue weighted by molar-refractivity contribution is -0.170. The molecule has 0 aliphatic rings. The van der Waals surface area contributed by atoms with Crippen molar-refractivity contribution < 1.29 is 23.1 Å². The van der Waals surface area contributed by atoms with Crippen molar-refractivity contribution >= 4 is 11.9 Å². The van der Waals surface area contributed by atoms with Gasteiger partial charge in [0.25, 0.3) is 6.43 Å². The van der Waals surface area contributed by atoms with E-state index >= 15 is 0 Å². The van der Waals surface area contributed by atoms with E-state index in [1.807, 2.05) is 0 Å². The van der Waals surface area contributed by atoms with Gasteiger partial charge in [-0.15, -0.1) is 6.58 Å². The highest BCUT2D eigenvalue weighted by molar-refractivity contribution is 6.02. The van der Waals surface area contributed by atoms with Crippen molar-refractivity contribution in [1.82, 2.24) is 0 Å². The Morgan fingerprint density at radius 3 is 2.40 bits per heavy atom. The normalized spacial score (nSPS) is 14.4. The summed E-state index contributed by atoms with van der Waals surface area (Å²) in [5, 5.41) is 0. The molecule has 0 spiro atoms. The predicted molar refractivity (Wildman–Crippen MR) is 49.1 cm³/mol. The Bertz CT molecular complexity index is 268. The SMILES string of the molecule is C=CCC(C(N)=O)(C(=O)OCC)C(F)F. The molecule has 0 aliphatic heterocycles. The van der Waals surface area contributed by atoms with E-state index in [1.54, 1.807) is 0 Å². The summed E-state index contributed by atoms with van der Waals surface area (Å²) in [7, 11) is 0. The summed E-state index contributed by atoms with van der Waals surface area (Å²) in [6.07, 6.45) is -2.72. The number of primary amides is 1.